The summed E-state index contributed by atoms with van der Waals surface area (Å²) < 4.78 is 21.4. The number of carbonyl (C=O) groups is 4. The molecule has 0 saturated carbocycles. The molecule has 1 rings (SSSR count). The van der Waals surface area contributed by atoms with Gasteiger partial charge in [0.2, 0.25) is 0 Å². The molecule has 39 heavy (non-hydrogen) atoms. The lowest BCUT2D eigenvalue weighted by atomic mass is 9.88. The summed E-state index contributed by atoms with van der Waals surface area (Å²) in [5.41, 5.74) is 5.53. The summed E-state index contributed by atoms with van der Waals surface area (Å²) in [5, 5.41) is 0. The van der Waals surface area contributed by atoms with E-state index in [0.717, 1.165) is 25.7 Å². The molecule has 1 aromatic carbocycles. The number of rotatable bonds is 18. The Morgan fingerprint density at radius 1 is 0.872 bits per heavy atom. The lowest BCUT2D eigenvalue weighted by Gasteiger charge is -2.27. The van der Waals surface area contributed by atoms with Gasteiger partial charge in [-0.15, -0.1) is 0 Å². The van der Waals surface area contributed by atoms with Gasteiger partial charge in [-0.3, -0.25) is 19.2 Å². The topological polar surface area (TPSA) is 131 Å². The van der Waals surface area contributed by atoms with Crippen LogP contribution in [0, 0.1) is 11.8 Å². The molecule has 2 N–H and O–H groups in total. The summed E-state index contributed by atoms with van der Waals surface area (Å²) in [5.74, 6) is -1.85. The maximum absolute atomic E-state index is 12.7. The Morgan fingerprint density at radius 3 is 1.95 bits per heavy atom. The molecule has 0 bridgehead atoms. The molecule has 0 aromatic heterocycles. The lowest BCUT2D eigenvalue weighted by molar-refractivity contribution is -0.153. The molecular formula is C30H47NO8. The number of ether oxygens (including phenoxy) is 4. The van der Waals surface area contributed by atoms with Crippen LogP contribution in [0.5, 0.6) is 11.5 Å². The normalized spacial score (nSPS) is 13.3. The average molecular weight is 550 g/mol. The molecule has 0 aliphatic carbocycles. The predicted molar refractivity (Wildman–Crippen MR) is 148 cm³/mol. The van der Waals surface area contributed by atoms with E-state index in [2.05, 4.69) is 0 Å². The zero-order chi connectivity index (χ0) is 29.4. The van der Waals surface area contributed by atoms with Crippen molar-refractivity contribution >= 4 is 23.9 Å². The fourth-order valence-corrected chi connectivity index (χ4v) is 3.78. The van der Waals surface area contributed by atoms with E-state index < -0.39 is 23.4 Å². The van der Waals surface area contributed by atoms with E-state index in [-0.39, 0.29) is 61.6 Å². The van der Waals surface area contributed by atoms with Crippen molar-refractivity contribution in [1.82, 2.24) is 0 Å². The minimum Gasteiger partial charge on any atom is -0.468 e. The number of benzene rings is 1. The minimum atomic E-state index is -1.50. The van der Waals surface area contributed by atoms with Crippen LogP contribution in [0.1, 0.15) is 98.0 Å². The SMILES string of the molecule is CCCCCC(=O)Oc1ccc(CC(N)(CCOC(=O)[C@@H](C)C(C)C)C(=O)OC)cc1OC(=O)CCCCC. The van der Waals surface area contributed by atoms with E-state index >= 15 is 0 Å². The molecule has 0 heterocycles. The van der Waals surface area contributed by atoms with Crippen molar-refractivity contribution in [2.24, 2.45) is 17.6 Å². The fourth-order valence-electron chi connectivity index (χ4n) is 3.78. The third-order valence-electron chi connectivity index (χ3n) is 6.70. The highest BCUT2D eigenvalue weighted by molar-refractivity contribution is 5.81. The fraction of sp³-hybridized carbons (Fsp3) is 0.667. The van der Waals surface area contributed by atoms with Crippen LogP contribution in [-0.4, -0.2) is 43.1 Å². The Bertz CT molecular complexity index is 945. The monoisotopic (exact) mass is 549 g/mol. The quantitative estimate of drug-likeness (QED) is 0.147. The molecule has 0 aliphatic rings. The number of hydrogen-bond donors (Lipinski definition) is 1. The van der Waals surface area contributed by atoms with E-state index in [1.807, 2.05) is 27.7 Å². The van der Waals surface area contributed by atoms with Gasteiger partial charge in [-0.2, -0.15) is 0 Å². The molecule has 0 aliphatic heterocycles. The van der Waals surface area contributed by atoms with Gasteiger partial charge in [0.1, 0.15) is 5.54 Å². The van der Waals surface area contributed by atoms with Crippen LogP contribution in [0.4, 0.5) is 0 Å². The number of carbonyl (C=O) groups excluding carboxylic acids is 4. The highest BCUT2D eigenvalue weighted by Gasteiger charge is 2.36. The van der Waals surface area contributed by atoms with Gasteiger partial charge in [-0.1, -0.05) is 66.4 Å². The summed E-state index contributed by atoms with van der Waals surface area (Å²) in [4.78, 5) is 49.8. The third-order valence-corrected chi connectivity index (χ3v) is 6.70. The van der Waals surface area contributed by atoms with Gasteiger partial charge in [0.15, 0.2) is 11.5 Å². The molecule has 0 amide bonds. The molecular weight excluding hydrogens is 502 g/mol. The van der Waals surface area contributed by atoms with Gasteiger partial charge in [0.25, 0.3) is 0 Å². The van der Waals surface area contributed by atoms with E-state index in [4.69, 9.17) is 24.7 Å². The largest absolute Gasteiger partial charge is 0.468 e. The van der Waals surface area contributed by atoms with E-state index in [9.17, 15) is 19.2 Å². The second-order valence-corrected chi connectivity index (χ2v) is 10.4. The Kier molecular flexibility index (Phi) is 15.4. The van der Waals surface area contributed by atoms with Crippen LogP contribution in [-0.2, 0) is 35.1 Å². The maximum atomic E-state index is 12.7. The molecule has 0 radical (unpaired) electrons. The van der Waals surface area contributed by atoms with Gasteiger partial charge >= 0.3 is 23.9 Å². The van der Waals surface area contributed by atoms with Crippen molar-refractivity contribution in [3.05, 3.63) is 23.8 Å². The molecule has 1 aromatic rings. The van der Waals surface area contributed by atoms with Crippen LogP contribution in [0.25, 0.3) is 0 Å². The van der Waals surface area contributed by atoms with Crippen LogP contribution in [0.3, 0.4) is 0 Å². The van der Waals surface area contributed by atoms with E-state index in [1.54, 1.807) is 19.1 Å². The first-order valence-electron chi connectivity index (χ1n) is 14.1. The first kappa shape index (κ1) is 34.1. The molecule has 0 spiro atoms. The molecule has 9 heteroatoms. The summed E-state index contributed by atoms with van der Waals surface area (Å²) in [7, 11) is 1.24. The zero-order valence-corrected chi connectivity index (χ0v) is 24.5. The summed E-state index contributed by atoms with van der Waals surface area (Å²) in [6.07, 6.45) is 5.64. The van der Waals surface area contributed by atoms with Gasteiger partial charge in [0.05, 0.1) is 19.6 Å². The van der Waals surface area contributed by atoms with Crippen molar-refractivity contribution in [1.29, 1.82) is 0 Å². The Morgan fingerprint density at radius 2 is 1.44 bits per heavy atom. The summed E-state index contributed by atoms with van der Waals surface area (Å²) in [6, 6.07) is 4.73. The highest BCUT2D eigenvalue weighted by atomic mass is 16.6. The Balaban J connectivity index is 3.12. The molecule has 1 unspecified atom stereocenters. The minimum absolute atomic E-state index is 0.0159. The number of unbranched alkanes of at least 4 members (excludes halogenated alkanes) is 4. The molecule has 0 saturated heterocycles. The number of hydrogen-bond acceptors (Lipinski definition) is 9. The van der Waals surface area contributed by atoms with E-state index in [0.29, 0.717) is 18.4 Å². The van der Waals surface area contributed by atoms with Gasteiger partial charge in [-0.05, 0) is 36.5 Å². The van der Waals surface area contributed by atoms with Gasteiger partial charge in [0, 0.05) is 25.7 Å². The molecule has 9 nitrogen and oxygen atoms in total. The lowest BCUT2D eigenvalue weighted by Crippen LogP contribution is -2.51. The van der Waals surface area contributed by atoms with Crippen LogP contribution in [0.2, 0.25) is 0 Å². The molecule has 0 fully saturated rings. The zero-order valence-electron chi connectivity index (χ0n) is 24.5. The Labute approximate surface area is 233 Å². The number of nitrogens with two attached hydrogens (primary N) is 1. The number of esters is 4. The summed E-state index contributed by atoms with van der Waals surface area (Å²) >= 11 is 0. The van der Waals surface area contributed by atoms with Crippen molar-refractivity contribution in [3.8, 4) is 11.5 Å². The van der Waals surface area contributed by atoms with Gasteiger partial charge < -0.3 is 24.7 Å². The first-order chi connectivity index (χ1) is 18.5. The second kappa shape index (κ2) is 17.6. The first-order valence-corrected chi connectivity index (χ1v) is 14.1. The third kappa shape index (κ3) is 12.2. The summed E-state index contributed by atoms with van der Waals surface area (Å²) in [6.45, 7) is 9.65. The smallest absolute Gasteiger partial charge is 0.326 e. The Hall–Kier alpha value is -2.94. The molecule has 220 valence electrons. The van der Waals surface area contributed by atoms with Crippen molar-refractivity contribution in [2.75, 3.05) is 13.7 Å². The highest BCUT2D eigenvalue weighted by Crippen LogP contribution is 2.31. The van der Waals surface area contributed by atoms with E-state index in [1.165, 1.54) is 13.2 Å². The van der Waals surface area contributed by atoms with Crippen molar-refractivity contribution in [2.45, 2.75) is 104 Å². The van der Waals surface area contributed by atoms with Crippen molar-refractivity contribution < 1.29 is 38.1 Å². The maximum Gasteiger partial charge on any atom is 0.326 e. The van der Waals surface area contributed by atoms with Gasteiger partial charge in [-0.25, -0.2) is 0 Å². The van der Waals surface area contributed by atoms with Crippen LogP contribution < -0.4 is 15.2 Å². The number of methoxy groups -OCH3 is 1. The van der Waals surface area contributed by atoms with Crippen LogP contribution >= 0.6 is 0 Å². The standard InChI is InChI=1S/C30H47NO8/c1-7-9-11-13-26(32)38-24-16-15-23(19-25(24)39-27(33)14-12-10-8-2)20-30(31,29(35)36-6)17-18-37-28(34)22(5)21(3)4/h15-16,19,21-22H,7-14,17-18,20,31H2,1-6H3/t22-,30?/m0/s1. The molecule has 2 atom stereocenters. The average Bonchev–Trinajstić information content (AvgIpc) is 2.89. The van der Waals surface area contributed by atoms with Crippen molar-refractivity contribution in [3.63, 3.8) is 0 Å². The second-order valence-electron chi connectivity index (χ2n) is 10.4. The van der Waals surface area contributed by atoms with Crippen LogP contribution in [0.15, 0.2) is 18.2 Å². The predicted octanol–water partition coefficient (Wildman–Crippen LogP) is 5.30.